The first-order chi connectivity index (χ1) is 40.8. The molecule has 0 aromatic rings. The van der Waals surface area contributed by atoms with Gasteiger partial charge in [0.1, 0.15) is 24.4 Å². The van der Waals surface area contributed by atoms with E-state index < -0.39 is 49.5 Å². The molecule has 7 atom stereocenters. The van der Waals surface area contributed by atoms with E-state index in [2.05, 4.69) is 129 Å². The van der Waals surface area contributed by atoms with Crippen molar-refractivity contribution in [3.63, 3.8) is 0 Å². The van der Waals surface area contributed by atoms with Gasteiger partial charge in [0.05, 0.1) is 25.4 Å². The quantitative estimate of drug-likeness (QED) is 0.0261. The minimum atomic E-state index is -1.57. The Kier molecular flexibility index (Phi) is 57.7. The number of allylic oxidation sites excluding steroid dienone is 19. The predicted octanol–water partition coefficient (Wildman–Crippen LogP) is 18.6. The van der Waals surface area contributed by atoms with Gasteiger partial charge in [0.25, 0.3) is 0 Å². The number of ether oxygens (including phenoxy) is 2. The van der Waals surface area contributed by atoms with Gasteiger partial charge in [-0.25, -0.2) is 0 Å². The summed E-state index contributed by atoms with van der Waals surface area (Å²) in [4.78, 5) is 13.1. The Morgan fingerprint density at radius 1 is 0.422 bits per heavy atom. The van der Waals surface area contributed by atoms with E-state index in [0.717, 1.165) is 103 Å². The van der Waals surface area contributed by atoms with Crippen LogP contribution in [0.2, 0.25) is 0 Å². The van der Waals surface area contributed by atoms with E-state index >= 15 is 0 Å². The second-order valence-corrected chi connectivity index (χ2v) is 23.2. The van der Waals surface area contributed by atoms with Crippen molar-refractivity contribution in [1.29, 1.82) is 0 Å². The molecule has 7 unspecified atom stereocenters. The van der Waals surface area contributed by atoms with E-state index in [1.165, 1.54) is 161 Å². The first-order valence-corrected chi connectivity index (χ1v) is 34.3. The van der Waals surface area contributed by atoms with Crippen LogP contribution >= 0.6 is 0 Å². The number of unbranched alkanes of at least 4 members (excludes halogenated alkanes) is 30. The molecule has 0 aromatic carbocycles. The average molecular weight is 1160 g/mol. The Labute approximate surface area is 509 Å². The normalized spacial score (nSPS) is 19.0. The molecule has 0 radical (unpaired) electrons. The summed E-state index contributed by atoms with van der Waals surface area (Å²) in [5.74, 6) is -0.182. The van der Waals surface area contributed by atoms with E-state index in [1.807, 2.05) is 6.08 Å². The minimum Gasteiger partial charge on any atom is -0.394 e. The van der Waals surface area contributed by atoms with Crippen LogP contribution in [0.25, 0.3) is 0 Å². The summed E-state index contributed by atoms with van der Waals surface area (Å²) in [6.07, 6.45) is 85.7. The van der Waals surface area contributed by atoms with E-state index in [-0.39, 0.29) is 12.5 Å². The first-order valence-electron chi connectivity index (χ1n) is 34.3. The van der Waals surface area contributed by atoms with Crippen molar-refractivity contribution in [2.24, 2.45) is 0 Å². The highest BCUT2D eigenvalue weighted by Crippen LogP contribution is 2.23. The van der Waals surface area contributed by atoms with Crippen LogP contribution in [-0.4, -0.2) is 87.5 Å². The molecule has 6 N–H and O–H groups in total. The Hall–Kier alpha value is -3.41. The molecule has 0 bridgehead atoms. The molecule has 1 amide bonds. The summed E-state index contributed by atoms with van der Waals surface area (Å²) in [5, 5.41) is 54.7. The maximum Gasteiger partial charge on any atom is 0.220 e. The molecule has 0 aromatic heterocycles. The lowest BCUT2D eigenvalue weighted by Crippen LogP contribution is -2.60. The average Bonchev–Trinajstić information content (AvgIpc) is 3.60. The third-order valence-electron chi connectivity index (χ3n) is 15.5. The van der Waals surface area contributed by atoms with Crippen LogP contribution in [0, 0.1) is 0 Å². The zero-order valence-electron chi connectivity index (χ0n) is 53.2. The molecule has 1 heterocycles. The fourth-order valence-electron chi connectivity index (χ4n) is 10.2. The summed E-state index contributed by atoms with van der Waals surface area (Å²) < 4.78 is 11.3. The molecular weight excluding hydrogens is 1030 g/mol. The van der Waals surface area contributed by atoms with Crippen LogP contribution in [0.3, 0.4) is 0 Å². The molecule has 1 aliphatic rings. The number of hydrogen-bond donors (Lipinski definition) is 6. The van der Waals surface area contributed by atoms with Crippen molar-refractivity contribution in [2.75, 3.05) is 13.2 Å². The smallest absolute Gasteiger partial charge is 0.220 e. The van der Waals surface area contributed by atoms with Crippen LogP contribution in [0.4, 0.5) is 0 Å². The van der Waals surface area contributed by atoms with Crippen LogP contribution in [-0.2, 0) is 14.3 Å². The number of carbonyl (C=O) groups is 1. The lowest BCUT2D eigenvalue weighted by atomic mass is 9.99. The number of aliphatic hydroxyl groups is 5. The van der Waals surface area contributed by atoms with Gasteiger partial charge >= 0.3 is 0 Å². The van der Waals surface area contributed by atoms with Crippen molar-refractivity contribution in [1.82, 2.24) is 5.32 Å². The van der Waals surface area contributed by atoms with Crippen molar-refractivity contribution < 1.29 is 39.8 Å². The number of nitrogens with one attached hydrogen (secondary N) is 1. The molecule has 9 nitrogen and oxygen atoms in total. The molecule has 1 rings (SSSR count). The van der Waals surface area contributed by atoms with Gasteiger partial charge in [-0.2, -0.15) is 0 Å². The molecule has 83 heavy (non-hydrogen) atoms. The third-order valence-corrected chi connectivity index (χ3v) is 15.5. The molecule has 1 fully saturated rings. The van der Waals surface area contributed by atoms with Gasteiger partial charge in [-0.3, -0.25) is 4.79 Å². The molecule has 1 saturated heterocycles. The maximum atomic E-state index is 13.1. The lowest BCUT2D eigenvalue weighted by Gasteiger charge is -2.40. The highest BCUT2D eigenvalue weighted by molar-refractivity contribution is 5.76. The summed E-state index contributed by atoms with van der Waals surface area (Å²) in [7, 11) is 0. The van der Waals surface area contributed by atoms with Gasteiger partial charge in [-0.1, -0.05) is 309 Å². The zero-order valence-corrected chi connectivity index (χ0v) is 53.2. The van der Waals surface area contributed by atoms with Gasteiger partial charge in [-0.15, -0.1) is 0 Å². The fourth-order valence-corrected chi connectivity index (χ4v) is 10.2. The standard InChI is InChI=1S/C74H127NO8/c1-3-5-7-9-11-13-15-17-19-21-23-25-26-27-28-29-30-31-32-33-34-35-36-37-38-39-40-41-42-44-46-48-50-52-54-56-58-60-62-64-70(78)75-67(66-82-74-73(81)72(80)71(79)69(65-76)83-74)68(77)63-61-59-57-55-53-51-49-47-45-43-24-22-20-18-16-14-12-10-8-6-4-2/h5,7,11,13,17,19,23,25,27-28,30-31,33-34,36-37,39-40,61,63,67-69,71-74,76-77,79-81H,3-4,6,8-10,12,14-16,18,20-22,24,26,29,32,35,38,41-60,62,64-66H2,1-2H3,(H,75,78)/b7-5-,13-11-,19-17-,25-23-,28-27-,31-30-,34-33-,37-36-,40-39-,63-61+. The summed E-state index contributed by atoms with van der Waals surface area (Å²) in [5.41, 5.74) is 0. The van der Waals surface area contributed by atoms with Crippen molar-refractivity contribution in [2.45, 2.75) is 326 Å². The summed E-state index contributed by atoms with van der Waals surface area (Å²) in [6, 6.07) is -0.815. The van der Waals surface area contributed by atoms with Crippen LogP contribution in [0.5, 0.6) is 0 Å². The van der Waals surface area contributed by atoms with Crippen molar-refractivity contribution in [3.8, 4) is 0 Å². The van der Waals surface area contributed by atoms with Crippen LogP contribution in [0.15, 0.2) is 122 Å². The maximum absolute atomic E-state index is 13.1. The van der Waals surface area contributed by atoms with E-state index in [9.17, 15) is 30.3 Å². The van der Waals surface area contributed by atoms with Crippen molar-refractivity contribution in [3.05, 3.63) is 122 Å². The van der Waals surface area contributed by atoms with E-state index in [1.54, 1.807) is 6.08 Å². The van der Waals surface area contributed by atoms with Gasteiger partial charge < -0.3 is 40.3 Å². The monoisotopic (exact) mass is 1160 g/mol. The lowest BCUT2D eigenvalue weighted by molar-refractivity contribution is -0.302. The fraction of sp³-hybridized carbons (Fsp3) is 0.716. The molecule has 0 aliphatic carbocycles. The van der Waals surface area contributed by atoms with E-state index in [0.29, 0.717) is 6.42 Å². The third kappa shape index (κ3) is 50.5. The summed E-state index contributed by atoms with van der Waals surface area (Å²) >= 11 is 0. The number of carbonyl (C=O) groups excluding carboxylic acids is 1. The molecule has 0 spiro atoms. The zero-order chi connectivity index (χ0) is 60.0. The first kappa shape index (κ1) is 77.6. The number of rotatable bonds is 58. The number of hydrogen-bond acceptors (Lipinski definition) is 8. The highest BCUT2D eigenvalue weighted by atomic mass is 16.7. The van der Waals surface area contributed by atoms with Gasteiger partial charge in [-0.05, 0) is 89.9 Å². The SMILES string of the molecule is CC/C=C\C/C=C\C/C=C\C/C=C\C/C=C\C/C=C\C/C=C\C/C=C\C/C=C\CCCCCCCCCCCCCC(=O)NC(COC1OC(CO)C(O)C(O)C1O)C(O)/C=C/CCCCCCCCCCCCCCCCCCCCC. The highest BCUT2D eigenvalue weighted by Gasteiger charge is 2.44. The molecule has 1 aliphatic heterocycles. The van der Waals surface area contributed by atoms with Crippen molar-refractivity contribution >= 4 is 5.91 Å². The van der Waals surface area contributed by atoms with Gasteiger partial charge in [0.2, 0.25) is 5.91 Å². The Morgan fingerprint density at radius 2 is 0.747 bits per heavy atom. The number of amides is 1. The largest absolute Gasteiger partial charge is 0.394 e. The topological polar surface area (TPSA) is 149 Å². The van der Waals surface area contributed by atoms with Gasteiger partial charge in [0, 0.05) is 6.42 Å². The van der Waals surface area contributed by atoms with Crippen LogP contribution < -0.4 is 5.32 Å². The number of aliphatic hydroxyl groups excluding tert-OH is 5. The second kappa shape index (κ2) is 61.7. The predicted molar refractivity (Wildman–Crippen MR) is 354 cm³/mol. The van der Waals surface area contributed by atoms with E-state index in [4.69, 9.17) is 9.47 Å². The molecule has 476 valence electrons. The molecular formula is C74H127NO8. The molecule has 0 saturated carbocycles. The minimum absolute atomic E-state index is 0.182. The van der Waals surface area contributed by atoms with Gasteiger partial charge in [0.15, 0.2) is 6.29 Å². The van der Waals surface area contributed by atoms with Crippen LogP contribution in [0.1, 0.15) is 284 Å². The summed E-state index contributed by atoms with van der Waals surface area (Å²) in [6.45, 7) is 3.68. The Morgan fingerprint density at radius 3 is 1.11 bits per heavy atom. The Balaban J connectivity index is 2.15. The molecule has 9 heteroatoms. The second-order valence-electron chi connectivity index (χ2n) is 23.2. The Bertz CT molecular complexity index is 1720.